The summed E-state index contributed by atoms with van der Waals surface area (Å²) in [7, 11) is 5.45. The molecule has 1 aromatic carbocycles. The molecule has 0 aliphatic carbocycles. The molecule has 0 bridgehead atoms. The first-order valence-electron chi connectivity index (χ1n) is 4.67. The summed E-state index contributed by atoms with van der Waals surface area (Å²) in [6.45, 7) is 1.99. The zero-order valence-electron chi connectivity index (χ0n) is 8.83. The van der Waals surface area contributed by atoms with Gasteiger partial charge in [-0.15, -0.1) is 0 Å². The predicted octanol–water partition coefficient (Wildman–Crippen LogP) is 1.65. The Hall–Kier alpha value is -1.22. The van der Waals surface area contributed by atoms with Crippen molar-refractivity contribution in [2.75, 3.05) is 21.3 Å². The zero-order chi connectivity index (χ0) is 10.1. The molecule has 0 unspecified atom stereocenters. The summed E-state index contributed by atoms with van der Waals surface area (Å²) in [5.74, 6) is 1.64. The van der Waals surface area contributed by atoms with E-state index >= 15 is 0 Å². The van der Waals surface area contributed by atoms with Gasteiger partial charge in [0.1, 0.15) is 0 Å². The Balaban J connectivity index is 2.43. The number of benzene rings is 1. The van der Waals surface area contributed by atoms with E-state index in [9.17, 15) is 0 Å². The summed E-state index contributed by atoms with van der Waals surface area (Å²) < 4.78 is 10.5. The van der Waals surface area contributed by atoms with E-state index in [0.29, 0.717) is 0 Å². The summed E-state index contributed by atoms with van der Waals surface area (Å²) in [5.41, 5.74) is 2.68. The van der Waals surface area contributed by atoms with E-state index in [1.165, 1.54) is 11.1 Å². The molecular formula is C11H15NO2. The van der Waals surface area contributed by atoms with Crippen LogP contribution in [0.15, 0.2) is 12.1 Å². The second-order valence-corrected chi connectivity index (χ2v) is 3.65. The molecule has 0 aromatic heterocycles. The molecule has 0 fully saturated rings. The average molecular weight is 193 g/mol. The van der Waals surface area contributed by atoms with Crippen molar-refractivity contribution in [2.45, 2.75) is 13.1 Å². The number of nitrogens with zero attached hydrogens (tertiary/aromatic N) is 1. The molecule has 0 atom stereocenters. The summed E-state index contributed by atoms with van der Waals surface area (Å²) in [6, 6.07) is 4.13. The number of methoxy groups -OCH3 is 2. The fraction of sp³-hybridized carbons (Fsp3) is 0.455. The first-order valence-corrected chi connectivity index (χ1v) is 4.67. The van der Waals surface area contributed by atoms with Crippen molar-refractivity contribution in [1.29, 1.82) is 0 Å². The Morgan fingerprint density at radius 2 is 1.43 bits per heavy atom. The molecule has 0 N–H and O–H groups in total. The Bertz CT molecular complexity index is 316. The number of fused-ring (bicyclic) bond motifs is 1. The van der Waals surface area contributed by atoms with Gasteiger partial charge >= 0.3 is 0 Å². The minimum atomic E-state index is 0.821. The maximum atomic E-state index is 5.25. The van der Waals surface area contributed by atoms with Crippen LogP contribution in [-0.4, -0.2) is 26.2 Å². The first kappa shape index (κ1) is 9.34. The van der Waals surface area contributed by atoms with Crippen LogP contribution in [0.5, 0.6) is 11.5 Å². The van der Waals surface area contributed by atoms with Crippen LogP contribution in [0.25, 0.3) is 0 Å². The van der Waals surface area contributed by atoms with Gasteiger partial charge in [0.05, 0.1) is 14.2 Å². The molecule has 0 radical (unpaired) electrons. The van der Waals surface area contributed by atoms with E-state index in [2.05, 4.69) is 24.1 Å². The minimum Gasteiger partial charge on any atom is -0.493 e. The van der Waals surface area contributed by atoms with Gasteiger partial charge in [0.25, 0.3) is 0 Å². The molecule has 0 spiro atoms. The summed E-state index contributed by atoms with van der Waals surface area (Å²) in [4.78, 5) is 2.27. The fourth-order valence-corrected chi connectivity index (χ4v) is 1.90. The molecule has 1 aliphatic rings. The maximum absolute atomic E-state index is 5.25. The quantitative estimate of drug-likeness (QED) is 0.713. The van der Waals surface area contributed by atoms with Crippen molar-refractivity contribution >= 4 is 0 Å². The molecule has 76 valence electrons. The Morgan fingerprint density at radius 3 is 1.79 bits per heavy atom. The second kappa shape index (κ2) is 3.50. The molecule has 1 aromatic rings. The van der Waals surface area contributed by atoms with E-state index in [-0.39, 0.29) is 0 Å². The normalized spacial score (nSPS) is 15.4. The van der Waals surface area contributed by atoms with Crippen molar-refractivity contribution < 1.29 is 9.47 Å². The zero-order valence-corrected chi connectivity index (χ0v) is 8.83. The Labute approximate surface area is 84.2 Å². The SMILES string of the molecule is COc1cc2c(cc1OC)CN(C)C2. The van der Waals surface area contributed by atoms with Crippen LogP contribution in [0.3, 0.4) is 0 Å². The lowest BCUT2D eigenvalue weighted by molar-refractivity contribution is 0.353. The maximum Gasteiger partial charge on any atom is 0.161 e. The topological polar surface area (TPSA) is 21.7 Å². The van der Waals surface area contributed by atoms with Crippen LogP contribution in [0, 0.1) is 0 Å². The van der Waals surface area contributed by atoms with Crippen LogP contribution in [0.1, 0.15) is 11.1 Å². The Kier molecular flexibility index (Phi) is 2.33. The van der Waals surface area contributed by atoms with E-state index in [1.54, 1.807) is 14.2 Å². The van der Waals surface area contributed by atoms with E-state index in [0.717, 1.165) is 24.6 Å². The molecule has 0 saturated heterocycles. The molecule has 14 heavy (non-hydrogen) atoms. The molecule has 0 amide bonds. The first-order chi connectivity index (χ1) is 6.74. The van der Waals surface area contributed by atoms with Gasteiger partial charge in [-0.3, -0.25) is 4.90 Å². The minimum absolute atomic E-state index is 0.821. The van der Waals surface area contributed by atoms with E-state index in [4.69, 9.17) is 9.47 Å². The number of ether oxygens (including phenoxy) is 2. The smallest absolute Gasteiger partial charge is 0.161 e. The van der Waals surface area contributed by atoms with Crippen LogP contribution < -0.4 is 9.47 Å². The van der Waals surface area contributed by atoms with Crippen LogP contribution in [0.4, 0.5) is 0 Å². The third-order valence-electron chi connectivity index (χ3n) is 2.59. The highest BCUT2D eigenvalue weighted by molar-refractivity contribution is 5.48. The summed E-state index contributed by atoms with van der Waals surface area (Å²) >= 11 is 0. The van der Waals surface area contributed by atoms with Crippen molar-refractivity contribution in [3.63, 3.8) is 0 Å². The summed E-state index contributed by atoms with van der Waals surface area (Å²) in [5, 5.41) is 0. The van der Waals surface area contributed by atoms with Gasteiger partial charge in [0.2, 0.25) is 0 Å². The highest BCUT2D eigenvalue weighted by Gasteiger charge is 2.18. The van der Waals surface area contributed by atoms with Gasteiger partial charge in [0.15, 0.2) is 11.5 Å². The van der Waals surface area contributed by atoms with Gasteiger partial charge in [0, 0.05) is 13.1 Å². The molecule has 3 nitrogen and oxygen atoms in total. The van der Waals surface area contributed by atoms with Gasteiger partial charge in [-0.25, -0.2) is 0 Å². The van der Waals surface area contributed by atoms with Crippen molar-refractivity contribution in [3.8, 4) is 11.5 Å². The molecule has 1 heterocycles. The van der Waals surface area contributed by atoms with E-state index in [1.807, 2.05) is 0 Å². The van der Waals surface area contributed by atoms with Gasteiger partial charge in [-0.05, 0) is 30.3 Å². The van der Waals surface area contributed by atoms with Crippen LogP contribution >= 0.6 is 0 Å². The van der Waals surface area contributed by atoms with Gasteiger partial charge in [-0.1, -0.05) is 0 Å². The number of hydrogen-bond acceptors (Lipinski definition) is 3. The molecular weight excluding hydrogens is 178 g/mol. The lowest BCUT2D eigenvalue weighted by Crippen LogP contribution is -2.07. The van der Waals surface area contributed by atoms with Crippen molar-refractivity contribution in [2.24, 2.45) is 0 Å². The second-order valence-electron chi connectivity index (χ2n) is 3.65. The predicted molar refractivity (Wildman–Crippen MR) is 54.7 cm³/mol. The van der Waals surface area contributed by atoms with Crippen molar-refractivity contribution in [1.82, 2.24) is 4.90 Å². The third-order valence-corrected chi connectivity index (χ3v) is 2.59. The van der Waals surface area contributed by atoms with Gasteiger partial charge in [-0.2, -0.15) is 0 Å². The fourth-order valence-electron chi connectivity index (χ4n) is 1.90. The lowest BCUT2D eigenvalue weighted by Gasteiger charge is -2.09. The molecule has 2 rings (SSSR count). The highest BCUT2D eigenvalue weighted by Crippen LogP contribution is 2.34. The number of hydrogen-bond donors (Lipinski definition) is 0. The average Bonchev–Trinajstić information content (AvgIpc) is 2.54. The van der Waals surface area contributed by atoms with Gasteiger partial charge < -0.3 is 9.47 Å². The highest BCUT2D eigenvalue weighted by atomic mass is 16.5. The molecule has 3 heteroatoms. The van der Waals surface area contributed by atoms with Crippen LogP contribution in [-0.2, 0) is 13.1 Å². The molecule has 0 saturated carbocycles. The lowest BCUT2D eigenvalue weighted by atomic mass is 10.1. The number of rotatable bonds is 2. The Morgan fingerprint density at radius 1 is 1.00 bits per heavy atom. The van der Waals surface area contributed by atoms with Crippen molar-refractivity contribution in [3.05, 3.63) is 23.3 Å². The van der Waals surface area contributed by atoms with E-state index < -0.39 is 0 Å². The standard InChI is InChI=1S/C11H15NO2/c1-12-6-8-4-10(13-2)11(14-3)5-9(8)7-12/h4-5H,6-7H2,1-3H3. The third kappa shape index (κ3) is 1.44. The largest absolute Gasteiger partial charge is 0.493 e. The monoisotopic (exact) mass is 193 g/mol. The molecule has 1 aliphatic heterocycles. The summed E-state index contributed by atoms with van der Waals surface area (Å²) in [6.07, 6.45) is 0. The van der Waals surface area contributed by atoms with Crippen LogP contribution in [0.2, 0.25) is 0 Å².